The Bertz CT molecular complexity index is 1680. The van der Waals surface area contributed by atoms with Gasteiger partial charge in [-0.25, -0.2) is 8.42 Å². The van der Waals surface area contributed by atoms with Gasteiger partial charge in [-0.05, 0) is 43.3 Å². The van der Waals surface area contributed by atoms with E-state index in [0.29, 0.717) is 22.4 Å². The average molecular weight is 564 g/mol. The number of ether oxygens (including phenoxy) is 3. The van der Waals surface area contributed by atoms with E-state index >= 15 is 0 Å². The lowest BCUT2D eigenvalue weighted by atomic mass is 10.1. The summed E-state index contributed by atoms with van der Waals surface area (Å²) >= 11 is 0. The summed E-state index contributed by atoms with van der Waals surface area (Å²) in [6.07, 6.45) is 1.76. The van der Waals surface area contributed by atoms with Crippen molar-refractivity contribution in [2.45, 2.75) is 11.8 Å². The molecule has 1 saturated heterocycles. The van der Waals surface area contributed by atoms with Crippen molar-refractivity contribution in [1.82, 2.24) is 15.0 Å². The van der Waals surface area contributed by atoms with Crippen LogP contribution in [0.15, 0.2) is 58.1 Å². The fraction of sp³-hybridized carbons (Fsp3) is 0.286. The Morgan fingerprint density at radius 1 is 0.950 bits per heavy atom. The number of sulfonamides is 1. The van der Waals surface area contributed by atoms with Crippen LogP contribution in [0.1, 0.15) is 6.92 Å². The number of hydrogen-bond donors (Lipinski definition) is 1. The zero-order chi connectivity index (χ0) is 28.3. The molecule has 0 bridgehead atoms. The van der Waals surface area contributed by atoms with E-state index in [1.54, 1.807) is 24.4 Å². The molecule has 40 heavy (non-hydrogen) atoms. The van der Waals surface area contributed by atoms with Crippen molar-refractivity contribution in [3.05, 3.63) is 48.7 Å². The van der Waals surface area contributed by atoms with Gasteiger partial charge in [-0.2, -0.15) is 0 Å². The molecule has 5 rings (SSSR count). The number of anilines is 2. The van der Waals surface area contributed by atoms with Crippen LogP contribution in [0.4, 0.5) is 11.5 Å². The topological polar surface area (TPSA) is 119 Å². The zero-order valence-electron chi connectivity index (χ0n) is 22.6. The maximum Gasteiger partial charge on any atom is 0.270 e. The molecule has 1 N–H and O–H groups in total. The van der Waals surface area contributed by atoms with E-state index in [2.05, 4.69) is 36.6 Å². The van der Waals surface area contributed by atoms with Crippen LogP contribution in [-0.2, 0) is 10.0 Å². The minimum atomic E-state index is -4.18. The predicted octanol–water partition coefficient (Wildman–Crippen LogP) is 3.82. The van der Waals surface area contributed by atoms with Crippen LogP contribution in [-0.4, -0.2) is 71.0 Å². The maximum absolute atomic E-state index is 13.4. The third-order valence-corrected chi connectivity index (χ3v) is 8.00. The quantitative estimate of drug-likeness (QED) is 0.317. The molecule has 0 radical (unpaired) electrons. The van der Waals surface area contributed by atoms with Crippen molar-refractivity contribution in [3.8, 4) is 40.5 Å². The number of hydrogen-bond acceptors (Lipinski definition) is 10. The molecule has 12 heteroatoms. The van der Waals surface area contributed by atoms with Gasteiger partial charge < -0.3 is 28.5 Å². The first-order chi connectivity index (χ1) is 19.4. The first-order valence-electron chi connectivity index (χ1n) is 12.5. The second-order valence-corrected chi connectivity index (χ2v) is 10.5. The molecule has 208 valence electrons. The first kappa shape index (κ1) is 27.0. The SMILES string of the molecule is CC#CN1CCN(c2ccnc(-c3cc(OC)c4c(NS(=O)(=O)c5c(OC)cccc5OC)noc4c3)c2)CC1. The molecule has 0 amide bonds. The highest BCUT2D eigenvalue weighted by Crippen LogP contribution is 2.39. The molecule has 3 heterocycles. The van der Waals surface area contributed by atoms with Crippen molar-refractivity contribution in [2.24, 2.45) is 0 Å². The van der Waals surface area contributed by atoms with Gasteiger partial charge in [-0.1, -0.05) is 17.1 Å². The molecular formula is C28H29N5O6S. The molecule has 11 nitrogen and oxygen atoms in total. The van der Waals surface area contributed by atoms with Crippen LogP contribution >= 0.6 is 0 Å². The number of benzene rings is 2. The number of aromatic nitrogens is 2. The Morgan fingerprint density at radius 3 is 2.30 bits per heavy atom. The maximum atomic E-state index is 13.4. The van der Waals surface area contributed by atoms with E-state index in [1.807, 2.05) is 19.1 Å². The number of nitrogens with one attached hydrogen (secondary N) is 1. The predicted molar refractivity (Wildman–Crippen MR) is 151 cm³/mol. The van der Waals surface area contributed by atoms with Gasteiger partial charge in [0, 0.05) is 49.7 Å². The van der Waals surface area contributed by atoms with E-state index < -0.39 is 10.0 Å². The van der Waals surface area contributed by atoms with Gasteiger partial charge in [0.1, 0.15) is 22.6 Å². The Morgan fingerprint density at radius 2 is 1.65 bits per heavy atom. The van der Waals surface area contributed by atoms with Crippen LogP contribution in [0.25, 0.3) is 22.2 Å². The van der Waals surface area contributed by atoms with E-state index in [9.17, 15) is 8.42 Å². The van der Waals surface area contributed by atoms with Crippen LogP contribution in [0.5, 0.6) is 17.2 Å². The summed E-state index contributed by atoms with van der Waals surface area (Å²) in [7, 11) is 0.0804. The molecule has 0 spiro atoms. The summed E-state index contributed by atoms with van der Waals surface area (Å²) in [6, 6.07) is 15.3. The van der Waals surface area contributed by atoms with Gasteiger partial charge in [0.2, 0.25) is 0 Å². The Kier molecular flexibility index (Phi) is 7.57. The van der Waals surface area contributed by atoms with Crippen molar-refractivity contribution in [2.75, 3.05) is 57.1 Å². The summed E-state index contributed by atoms with van der Waals surface area (Å²) in [4.78, 5) is 8.82. The van der Waals surface area contributed by atoms with Crippen molar-refractivity contribution < 1.29 is 27.2 Å². The Hall–Kier alpha value is -4.63. The van der Waals surface area contributed by atoms with Crippen molar-refractivity contribution >= 4 is 32.5 Å². The van der Waals surface area contributed by atoms with Gasteiger partial charge in [0.05, 0.1) is 27.0 Å². The number of pyridine rings is 1. The number of fused-ring (bicyclic) bond motifs is 1. The summed E-state index contributed by atoms with van der Waals surface area (Å²) in [5.41, 5.74) is 2.83. The number of methoxy groups -OCH3 is 3. The van der Waals surface area contributed by atoms with Crippen LogP contribution < -0.4 is 23.8 Å². The second kappa shape index (κ2) is 11.2. The standard InChI is InChI=1S/C28H29N5O6S/c1-5-11-32-12-14-33(15-13-32)20-9-10-29-21(18-20)19-16-24(38-4)26-25(17-19)39-30-28(26)31-40(34,35)27-22(36-2)7-6-8-23(27)37-3/h6-10,16-18H,12-15H2,1-4H3,(H,30,31). The second-order valence-electron chi connectivity index (χ2n) is 8.92. The largest absolute Gasteiger partial charge is 0.496 e. The molecular weight excluding hydrogens is 534 g/mol. The van der Waals surface area contributed by atoms with E-state index in [-0.39, 0.29) is 22.2 Å². The van der Waals surface area contributed by atoms with Crippen LogP contribution in [0, 0.1) is 12.0 Å². The lowest BCUT2D eigenvalue weighted by molar-refractivity contribution is 0.368. The summed E-state index contributed by atoms with van der Waals surface area (Å²) in [5.74, 6) is 3.55. The fourth-order valence-electron chi connectivity index (χ4n) is 4.68. The van der Waals surface area contributed by atoms with Crippen molar-refractivity contribution in [3.63, 3.8) is 0 Å². The monoisotopic (exact) mass is 563 g/mol. The molecule has 2 aromatic heterocycles. The van der Waals surface area contributed by atoms with Gasteiger partial charge in [0.15, 0.2) is 16.3 Å². The van der Waals surface area contributed by atoms with E-state index in [1.165, 1.54) is 33.5 Å². The smallest absolute Gasteiger partial charge is 0.270 e. The Balaban J connectivity index is 1.47. The molecule has 1 aliphatic heterocycles. The highest BCUT2D eigenvalue weighted by Gasteiger charge is 2.28. The molecule has 1 fully saturated rings. The third kappa shape index (κ3) is 5.15. The molecule has 0 atom stereocenters. The van der Waals surface area contributed by atoms with Gasteiger partial charge in [-0.3, -0.25) is 9.71 Å². The van der Waals surface area contributed by atoms with E-state index in [0.717, 1.165) is 37.4 Å². The highest BCUT2D eigenvalue weighted by molar-refractivity contribution is 7.93. The normalized spacial score (nSPS) is 13.5. The first-order valence-corrected chi connectivity index (χ1v) is 14.0. The molecule has 0 aliphatic carbocycles. The third-order valence-electron chi connectivity index (χ3n) is 6.59. The number of nitrogens with zero attached hydrogens (tertiary/aromatic N) is 4. The molecule has 1 aliphatic rings. The fourth-order valence-corrected chi connectivity index (χ4v) is 6.01. The molecule has 0 saturated carbocycles. The molecule has 4 aromatic rings. The average Bonchev–Trinajstić information content (AvgIpc) is 3.38. The van der Waals surface area contributed by atoms with Gasteiger partial charge >= 0.3 is 0 Å². The summed E-state index contributed by atoms with van der Waals surface area (Å²) in [5, 5.41) is 4.37. The van der Waals surface area contributed by atoms with E-state index in [4.69, 9.17) is 18.7 Å². The molecule has 2 aromatic carbocycles. The lowest BCUT2D eigenvalue weighted by Gasteiger charge is -2.34. The zero-order valence-corrected chi connectivity index (χ0v) is 23.4. The van der Waals surface area contributed by atoms with Crippen molar-refractivity contribution in [1.29, 1.82) is 0 Å². The minimum absolute atomic E-state index is 0.0267. The van der Waals surface area contributed by atoms with Gasteiger partial charge in [-0.15, -0.1) is 0 Å². The lowest BCUT2D eigenvalue weighted by Crippen LogP contribution is -2.44. The number of piperazine rings is 1. The Labute approximate surface area is 232 Å². The summed E-state index contributed by atoms with van der Waals surface area (Å²) < 4.78 is 51.1. The molecule has 0 unspecified atom stereocenters. The van der Waals surface area contributed by atoms with Crippen LogP contribution in [0.2, 0.25) is 0 Å². The number of rotatable bonds is 8. The summed E-state index contributed by atoms with van der Waals surface area (Å²) in [6.45, 7) is 5.26. The van der Waals surface area contributed by atoms with Crippen LogP contribution in [0.3, 0.4) is 0 Å². The minimum Gasteiger partial charge on any atom is -0.496 e. The highest BCUT2D eigenvalue weighted by atomic mass is 32.2. The van der Waals surface area contributed by atoms with Gasteiger partial charge in [0.25, 0.3) is 10.0 Å².